The maximum absolute atomic E-state index is 2.39. The van der Waals surface area contributed by atoms with Crippen LogP contribution in [0.3, 0.4) is 0 Å². The standard InChI is InChI=1S/C9H19.Al.2H/c1-5-8(3)7-9(4)6-2;;;/h7-9H,5-6H2,1-4H3;;;. The topological polar surface area (TPSA) is 0 Å². The van der Waals surface area contributed by atoms with E-state index in [-0.39, 0.29) is 0 Å². The Balaban J connectivity index is 3.69. The first-order valence-corrected chi connectivity index (χ1v) is 5.78. The highest BCUT2D eigenvalue weighted by atomic mass is 27.0. The minimum Gasteiger partial charge on any atom is -0.0853 e. The zero-order valence-electron chi connectivity index (χ0n) is 8.15. The third kappa shape index (κ3) is 3.08. The molecule has 0 amide bonds. The predicted molar refractivity (Wildman–Crippen MR) is 51.2 cm³/mol. The number of hydrogen-bond acceptors (Lipinski definition) is 0. The first-order valence-electron chi connectivity index (χ1n) is 4.63. The molecule has 0 fully saturated rings. The molecule has 0 N–H and O–H groups in total. The van der Waals surface area contributed by atoms with Crippen LogP contribution in [0.4, 0.5) is 0 Å². The molecule has 0 aliphatic carbocycles. The average molecular weight is 156 g/mol. The zero-order valence-corrected chi connectivity index (χ0v) is 10.1. The van der Waals surface area contributed by atoms with Crippen LogP contribution in [-0.2, 0) is 0 Å². The molecule has 0 saturated heterocycles. The van der Waals surface area contributed by atoms with Crippen LogP contribution in [0.15, 0.2) is 0 Å². The summed E-state index contributed by atoms with van der Waals surface area (Å²) in [6, 6.07) is 0. The summed E-state index contributed by atoms with van der Waals surface area (Å²) in [5.74, 6) is 1.92. The maximum Gasteiger partial charge on any atom is 0.217 e. The van der Waals surface area contributed by atoms with Crippen LogP contribution in [0.25, 0.3) is 0 Å². The molecule has 0 bridgehead atoms. The molecule has 0 saturated carbocycles. The average Bonchev–Trinajstić information content (AvgIpc) is 2.00. The summed E-state index contributed by atoms with van der Waals surface area (Å²) in [6.45, 7) is 9.39. The molecule has 0 aromatic carbocycles. The first kappa shape index (κ1) is 10.5. The molecule has 0 rings (SSSR count). The van der Waals surface area contributed by atoms with Crippen LogP contribution in [0.5, 0.6) is 0 Å². The second-order valence-corrected chi connectivity index (χ2v) is 4.96. The van der Waals surface area contributed by atoms with Gasteiger partial charge in [0.2, 0.25) is 16.3 Å². The fourth-order valence-corrected chi connectivity index (χ4v) is 2.25. The highest BCUT2D eigenvalue weighted by molar-refractivity contribution is 6.11. The second kappa shape index (κ2) is 5.22. The highest BCUT2D eigenvalue weighted by Gasteiger charge is 2.15. The van der Waals surface area contributed by atoms with Crippen molar-refractivity contribution in [2.75, 3.05) is 0 Å². The number of rotatable bonds is 4. The van der Waals surface area contributed by atoms with Gasteiger partial charge in [0.05, 0.1) is 0 Å². The van der Waals surface area contributed by atoms with E-state index >= 15 is 0 Å². The molecule has 0 aromatic rings. The highest BCUT2D eigenvalue weighted by Crippen LogP contribution is 2.27. The normalized spacial score (nSPS) is 20.0. The molecule has 1 heteroatoms. The van der Waals surface area contributed by atoms with Gasteiger partial charge in [-0.15, -0.1) is 0 Å². The largest absolute Gasteiger partial charge is 0.217 e. The van der Waals surface area contributed by atoms with E-state index in [2.05, 4.69) is 27.7 Å². The zero-order chi connectivity index (χ0) is 8.15. The third-order valence-electron chi connectivity index (χ3n) is 3.08. The van der Waals surface area contributed by atoms with Crippen molar-refractivity contribution >= 4 is 16.3 Å². The Bertz CT molecular complexity index is 70.8. The van der Waals surface area contributed by atoms with Gasteiger partial charge in [-0.3, -0.25) is 0 Å². The Labute approximate surface area is 73.8 Å². The van der Waals surface area contributed by atoms with Crippen molar-refractivity contribution in [2.45, 2.75) is 45.3 Å². The molecule has 0 heterocycles. The lowest BCUT2D eigenvalue weighted by Crippen LogP contribution is -2.12. The van der Waals surface area contributed by atoms with Crippen molar-refractivity contribution in [3.63, 3.8) is 0 Å². The molecule has 0 aliphatic heterocycles. The minimum absolute atomic E-state index is 0.960. The van der Waals surface area contributed by atoms with Gasteiger partial charge < -0.3 is 0 Å². The first-order chi connectivity index (χ1) is 4.63. The van der Waals surface area contributed by atoms with E-state index in [1.165, 1.54) is 29.1 Å². The van der Waals surface area contributed by atoms with Crippen LogP contribution < -0.4 is 0 Å². The summed E-state index contributed by atoms with van der Waals surface area (Å²) in [6.07, 6.45) is 2.72. The van der Waals surface area contributed by atoms with Gasteiger partial charge >= 0.3 is 0 Å². The summed E-state index contributed by atoms with van der Waals surface area (Å²) in [7, 11) is 0. The van der Waals surface area contributed by atoms with E-state index in [0.29, 0.717) is 0 Å². The summed E-state index contributed by atoms with van der Waals surface area (Å²) in [5, 5.41) is 0. The predicted octanol–water partition coefficient (Wildman–Crippen LogP) is 2.50. The Kier molecular flexibility index (Phi) is 5.50. The van der Waals surface area contributed by atoms with Crippen molar-refractivity contribution in [1.29, 1.82) is 0 Å². The molecule has 0 spiro atoms. The fraction of sp³-hybridized carbons (Fsp3) is 1.00. The van der Waals surface area contributed by atoms with Crippen LogP contribution in [0.1, 0.15) is 40.5 Å². The van der Waals surface area contributed by atoms with E-state index in [1.54, 1.807) is 0 Å². The molecule has 0 aromatic heterocycles. The van der Waals surface area contributed by atoms with Gasteiger partial charge in [-0.25, -0.2) is 0 Å². The molecule has 2 atom stereocenters. The maximum atomic E-state index is 2.39. The molecule has 0 nitrogen and oxygen atoms in total. The van der Waals surface area contributed by atoms with E-state index in [4.69, 9.17) is 0 Å². The second-order valence-electron chi connectivity index (χ2n) is 3.63. The van der Waals surface area contributed by atoms with Gasteiger partial charge in [0.25, 0.3) is 0 Å². The van der Waals surface area contributed by atoms with Crippen LogP contribution in [-0.4, -0.2) is 16.3 Å². The van der Waals surface area contributed by atoms with E-state index in [0.717, 1.165) is 16.6 Å². The van der Waals surface area contributed by atoms with Crippen LogP contribution in [0.2, 0.25) is 4.78 Å². The van der Waals surface area contributed by atoms with Gasteiger partial charge in [-0.2, -0.15) is 0 Å². The van der Waals surface area contributed by atoms with Crippen LogP contribution >= 0.6 is 0 Å². The molecule has 60 valence electrons. The van der Waals surface area contributed by atoms with Crippen molar-refractivity contribution in [2.24, 2.45) is 11.8 Å². The van der Waals surface area contributed by atoms with Crippen molar-refractivity contribution < 1.29 is 0 Å². The van der Waals surface area contributed by atoms with E-state index in [1.807, 2.05) is 0 Å². The lowest BCUT2D eigenvalue weighted by atomic mass is 9.93. The van der Waals surface area contributed by atoms with Gasteiger partial charge in [0.15, 0.2) is 0 Å². The van der Waals surface area contributed by atoms with Gasteiger partial charge in [-0.05, 0) is 0 Å². The molecule has 0 radical (unpaired) electrons. The number of hydrogen-bond donors (Lipinski definition) is 0. The fourth-order valence-electron chi connectivity index (χ4n) is 1.30. The monoisotopic (exact) mass is 156 g/mol. The smallest absolute Gasteiger partial charge is 0.0853 e. The summed E-state index contributed by atoms with van der Waals surface area (Å²) in [4.78, 5) is 0. The molecule has 2 unspecified atom stereocenters. The summed E-state index contributed by atoms with van der Waals surface area (Å²) < 4.78 is 1.04. The van der Waals surface area contributed by atoms with Crippen LogP contribution in [0, 0.1) is 11.8 Å². The Morgan fingerprint density at radius 1 is 1.00 bits per heavy atom. The lowest BCUT2D eigenvalue weighted by molar-refractivity contribution is 0.398. The molecule has 0 aliphatic rings. The Morgan fingerprint density at radius 3 is 1.50 bits per heavy atom. The molecule has 10 heavy (non-hydrogen) atoms. The Morgan fingerprint density at radius 2 is 1.30 bits per heavy atom. The third-order valence-corrected chi connectivity index (χ3v) is 5.36. The summed E-state index contributed by atoms with van der Waals surface area (Å²) in [5.41, 5.74) is 0. The SMILES string of the molecule is CCC(C)[CH]([AlH2])C(C)CC. The minimum atomic E-state index is 0.960. The van der Waals surface area contributed by atoms with Gasteiger partial charge in [0.1, 0.15) is 0 Å². The Hall–Kier alpha value is 0.532. The van der Waals surface area contributed by atoms with Gasteiger partial charge in [-0.1, -0.05) is 57.2 Å². The quantitative estimate of drug-likeness (QED) is 0.549. The van der Waals surface area contributed by atoms with E-state index < -0.39 is 0 Å². The molecular formula is C9H21Al. The lowest BCUT2D eigenvalue weighted by Gasteiger charge is -2.24. The van der Waals surface area contributed by atoms with E-state index in [9.17, 15) is 0 Å². The van der Waals surface area contributed by atoms with Gasteiger partial charge in [0, 0.05) is 0 Å². The molecular weight excluding hydrogens is 135 g/mol. The van der Waals surface area contributed by atoms with Crippen molar-refractivity contribution in [1.82, 2.24) is 0 Å². The van der Waals surface area contributed by atoms with Crippen molar-refractivity contribution in [3.8, 4) is 0 Å². The summed E-state index contributed by atoms with van der Waals surface area (Å²) >= 11 is 1.38. The van der Waals surface area contributed by atoms with Crippen molar-refractivity contribution in [3.05, 3.63) is 0 Å².